The Morgan fingerprint density at radius 2 is 1.57 bits per heavy atom. The van der Waals surface area contributed by atoms with E-state index in [1.807, 2.05) is 0 Å². The van der Waals surface area contributed by atoms with E-state index in [0.717, 1.165) is 36.8 Å². The second-order valence-corrected chi connectivity index (χ2v) is 8.90. The fourth-order valence-corrected chi connectivity index (χ4v) is 3.42. The van der Waals surface area contributed by atoms with Crippen LogP contribution in [0.15, 0.2) is 48.5 Å². The van der Waals surface area contributed by atoms with Gasteiger partial charge in [-0.3, -0.25) is 0 Å². The third kappa shape index (κ3) is 12.2. The van der Waals surface area contributed by atoms with Gasteiger partial charge in [0, 0.05) is 31.7 Å². The lowest BCUT2D eigenvalue weighted by Gasteiger charge is -2.23. The average molecular weight is 577 g/mol. The molecule has 2 N–H and O–H groups in total. The molecule has 0 saturated heterocycles. The molecule has 2 amide bonds. The number of carboxylic acid groups (broad SMARTS) is 1. The number of carboxylic acids is 1. The molecule has 1 atom stereocenters. The first-order valence-electron chi connectivity index (χ1n) is 12.5. The summed E-state index contributed by atoms with van der Waals surface area (Å²) in [4.78, 5) is 25.4. The van der Waals surface area contributed by atoms with Crippen LogP contribution in [-0.2, 0) is 26.9 Å². The Morgan fingerprint density at radius 1 is 0.950 bits per heavy atom. The Kier molecular flexibility index (Phi) is 12.6. The number of carbonyl (C=O) groups is 2. The van der Waals surface area contributed by atoms with Crippen LogP contribution in [0.3, 0.4) is 0 Å². The van der Waals surface area contributed by atoms with Gasteiger partial charge in [-0.25, -0.2) is 18.4 Å². The minimum Gasteiger partial charge on any atom is -0.492 e. The molecular formula is C27H33F5N2O6. The zero-order valence-electron chi connectivity index (χ0n) is 22.2. The highest BCUT2D eigenvalue weighted by Gasteiger charge is 2.30. The molecule has 0 bridgehead atoms. The van der Waals surface area contributed by atoms with E-state index in [4.69, 9.17) is 14.2 Å². The van der Waals surface area contributed by atoms with Gasteiger partial charge in [-0.05, 0) is 55.8 Å². The molecule has 0 aliphatic heterocycles. The molecule has 2 aromatic rings. The van der Waals surface area contributed by atoms with Gasteiger partial charge in [0.15, 0.2) is 6.10 Å². The maximum Gasteiger partial charge on any atom is 0.416 e. The predicted molar refractivity (Wildman–Crippen MR) is 137 cm³/mol. The average Bonchev–Trinajstić information content (AvgIpc) is 2.87. The van der Waals surface area contributed by atoms with Crippen molar-refractivity contribution in [3.05, 3.63) is 59.7 Å². The topological polar surface area (TPSA) is 97.3 Å². The lowest BCUT2D eigenvalue weighted by molar-refractivity contribution is -0.150. The lowest BCUT2D eigenvalue weighted by Crippen LogP contribution is -2.40. The Labute approximate surface area is 229 Å². The summed E-state index contributed by atoms with van der Waals surface area (Å²) in [6, 6.07) is 9.95. The van der Waals surface area contributed by atoms with E-state index in [1.165, 1.54) is 4.90 Å². The summed E-state index contributed by atoms with van der Waals surface area (Å²) < 4.78 is 80.5. The van der Waals surface area contributed by atoms with E-state index in [-0.39, 0.29) is 51.6 Å². The number of hydrogen-bond donors (Lipinski definition) is 2. The number of nitrogens with one attached hydrogen (secondary N) is 1. The van der Waals surface area contributed by atoms with Crippen molar-refractivity contribution < 1.29 is 50.9 Å². The summed E-state index contributed by atoms with van der Waals surface area (Å²) in [5.74, 6) is -3.50. The monoisotopic (exact) mass is 576 g/mol. The van der Waals surface area contributed by atoms with Gasteiger partial charge in [-0.2, -0.15) is 13.2 Å². The highest BCUT2D eigenvalue weighted by molar-refractivity contribution is 5.89. The molecule has 1 unspecified atom stereocenters. The molecule has 2 rings (SSSR count). The molecule has 0 aliphatic rings. The third-order valence-corrected chi connectivity index (χ3v) is 5.56. The van der Waals surface area contributed by atoms with E-state index >= 15 is 0 Å². The fraction of sp³-hybridized carbons (Fsp3) is 0.481. The molecule has 13 heteroatoms. The molecule has 0 aliphatic carbocycles. The number of carbonyl (C=O) groups excluding carboxylic acids is 1. The van der Waals surface area contributed by atoms with Gasteiger partial charge in [-0.1, -0.05) is 12.1 Å². The molecule has 40 heavy (non-hydrogen) atoms. The van der Waals surface area contributed by atoms with Crippen molar-refractivity contribution in [2.45, 2.75) is 44.9 Å². The Hall–Kier alpha value is -3.45. The molecule has 0 saturated carbocycles. The smallest absolute Gasteiger partial charge is 0.416 e. The number of urea groups is 1. The highest BCUT2D eigenvalue weighted by atomic mass is 19.4. The van der Waals surface area contributed by atoms with Crippen molar-refractivity contribution in [3.8, 4) is 5.75 Å². The largest absolute Gasteiger partial charge is 0.492 e. The highest BCUT2D eigenvalue weighted by Crippen LogP contribution is 2.29. The zero-order valence-corrected chi connectivity index (χ0v) is 22.2. The number of rotatable bonds is 16. The predicted octanol–water partition coefficient (Wildman–Crippen LogP) is 5.71. The van der Waals surface area contributed by atoms with Crippen molar-refractivity contribution >= 4 is 17.7 Å². The second-order valence-electron chi connectivity index (χ2n) is 8.90. The standard InChI is InChI=1S/C27H33F5N2O6/c1-3-39-23(24(35)36)18-19-4-10-22(11-5-19)40-17-14-34(13-16-38-15-12-26(2,28)29)25(37)33-21-8-6-20(7-9-21)27(30,31)32/h4-11,23H,3,12-18H2,1-2H3,(H,33,37)(H,35,36). The van der Waals surface area contributed by atoms with Crippen LogP contribution in [0.1, 0.15) is 31.4 Å². The van der Waals surface area contributed by atoms with Crippen LogP contribution < -0.4 is 10.1 Å². The van der Waals surface area contributed by atoms with Crippen LogP contribution in [0.4, 0.5) is 32.4 Å². The van der Waals surface area contributed by atoms with Crippen LogP contribution in [0.25, 0.3) is 0 Å². The summed E-state index contributed by atoms with van der Waals surface area (Å²) >= 11 is 0. The lowest BCUT2D eigenvalue weighted by atomic mass is 10.1. The van der Waals surface area contributed by atoms with Gasteiger partial charge in [-0.15, -0.1) is 0 Å². The number of amides is 2. The summed E-state index contributed by atoms with van der Waals surface area (Å²) in [7, 11) is 0. The minimum absolute atomic E-state index is 0.0120. The number of ether oxygens (including phenoxy) is 3. The van der Waals surface area contributed by atoms with Gasteiger partial charge in [0.2, 0.25) is 5.92 Å². The van der Waals surface area contributed by atoms with Gasteiger partial charge in [0.1, 0.15) is 12.4 Å². The molecule has 8 nitrogen and oxygen atoms in total. The molecular weight excluding hydrogens is 543 g/mol. The first kappa shape index (κ1) is 32.8. The van der Waals surface area contributed by atoms with Crippen LogP contribution in [0.5, 0.6) is 5.75 Å². The van der Waals surface area contributed by atoms with E-state index < -0.39 is 42.2 Å². The Bertz CT molecular complexity index is 1060. The van der Waals surface area contributed by atoms with Crippen LogP contribution >= 0.6 is 0 Å². The number of aliphatic carboxylic acids is 1. The molecule has 222 valence electrons. The SMILES string of the molecule is CCOC(Cc1ccc(OCCN(CCOCCC(C)(F)F)C(=O)Nc2ccc(C(F)(F)F)cc2)cc1)C(=O)O. The van der Waals surface area contributed by atoms with Crippen molar-refractivity contribution in [2.24, 2.45) is 0 Å². The van der Waals surface area contributed by atoms with Crippen molar-refractivity contribution in [1.82, 2.24) is 4.90 Å². The number of anilines is 1. The van der Waals surface area contributed by atoms with Gasteiger partial charge in [0.25, 0.3) is 0 Å². The van der Waals surface area contributed by atoms with E-state index in [0.29, 0.717) is 5.75 Å². The maximum absolute atomic E-state index is 13.0. The fourth-order valence-electron chi connectivity index (χ4n) is 3.42. The maximum atomic E-state index is 13.0. The third-order valence-electron chi connectivity index (χ3n) is 5.56. The summed E-state index contributed by atoms with van der Waals surface area (Å²) in [6.07, 6.45) is -5.80. The van der Waals surface area contributed by atoms with E-state index in [2.05, 4.69) is 5.32 Å². The summed E-state index contributed by atoms with van der Waals surface area (Å²) in [5.41, 5.74) is -0.00223. The van der Waals surface area contributed by atoms with Gasteiger partial charge >= 0.3 is 18.2 Å². The Morgan fingerprint density at radius 3 is 2.12 bits per heavy atom. The van der Waals surface area contributed by atoms with E-state index in [1.54, 1.807) is 31.2 Å². The number of nitrogens with zero attached hydrogens (tertiary/aromatic N) is 1. The number of halogens is 5. The molecule has 2 aromatic carbocycles. The van der Waals surface area contributed by atoms with Crippen molar-refractivity contribution in [3.63, 3.8) is 0 Å². The molecule has 0 heterocycles. The molecule has 0 radical (unpaired) electrons. The zero-order chi connectivity index (χ0) is 29.8. The number of benzene rings is 2. The molecule has 0 spiro atoms. The van der Waals surface area contributed by atoms with Crippen LogP contribution in [-0.4, -0.2) is 73.6 Å². The van der Waals surface area contributed by atoms with E-state index in [9.17, 15) is 36.6 Å². The first-order chi connectivity index (χ1) is 18.8. The minimum atomic E-state index is -4.52. The summed E-state index contributed by atoms with van der Waals surface area (Å²) in [6.45, 7) is 2.57. The number of hydrogen-bond acceptors (Lipinski definition) is 5. The number of alkyl halides is 5. The van der Waals surface area contributed by atoms with Gasteiger partial charge in [0.05, 0.1) is 25.3 Å². The normalized spacial score (nSPS) is 12.6. The summed E-state index contributed by atoms with van der Waals surface area (Å²) in [5, 5.41) is 11.7. The molecule has 0 aromatic heterocycles. The second kappa shape index (κ2) is 15.4. The van der Waals surface area contributed by atoms with Crippen molar-refractivity contribution in [2.75, 3.05) is 44.8 Å². The van der Waals surface area contributed by atoms with Gasteiger partial charge < -0.3 is 29.5 Å². The van der Waals surface area contributed by atoms with Crippen LogP contribution in [0.2, 0.25) is 0 Å². The molecule has 0 fully saturated rings. The van der Waals surface area contributed by atoms with Crippen molar-refractivity contribution in [1.29, 1.82) is 0 Å². The quantitative estimate of drug-likeness (QED) is 0.196. The Balaban J connectivity index is 1.96. The first-order valence-corrected chi connectivity index (χ1v) is 12.5. The van der Waals surface area contributed by atoms with Crippen LogP contribution in [0, 0.1) is 0 Å².